The van der Waals surface area contributed by atoms with Crippen molar-refractivity contribution in [3.8, 4) is 5.75 Å². The van der Waals surface area contributed by atoms with E-state index in [1.807, 2.05) is 30.3 Å². The average molecular weight is 270 g/mol. The number of hydrogen-bond acceptors (Lipinski definition) is 3. The largest absolute Gasteiger partial charge is 0.486 e. The summed E-state index contributed by atoms with van der Waals surface area (Å²) in [5.41, 5.74) is -0.413. The molecule has 1 unspecified atom stereocenters. The summed E-state index contributed by atoms with van der Waals surface area (Å²) in [7, 11) is 0. The second-order valence-electron chi connectivity index (χ2n) is 5.38. The number of carboxylic acid groups (broad SMARTS) is 1. The SMILES string of the molecule is CC1(CC(=O)O)CC(=O)c2c(ccc3ccccc23)O1. The molecule has 102 valence electrons. The van der Waals surface area contributed by atoms with Crippen molar-refractivity contribution in [1.29, 1.82) is 0 Å². The Kier molecular flexibility index (Phi) is 2.74. The lowest BCUT2D eigenvalue weighted by Gasteiger charge is -2.34. The van der Waals surface area contributed by atoms with Crippen molar-refractivity contribution >= 4 is 22.5 Å². The number of carbonyl (C=O) groups excluding carboxylic acids is 1. The molecule has 0 spiro atoms. The number of fused-ring (bicyclic) bond motifs is 3. The molecule has 20 heavy (non-hydrogen) atoms. The van der Waals surface area contributed by atoms with Crippen molar-refractivity contribution in [2.45, 2.75) is 25.4 Å². The van der Waals surface area contributed by atoms with Crippen molar-refractivity contribution in [2.75, 3.05) is 0 Å². The zero-order valence-electron chi connectivity index (χ0n) is 11.1. The van der Waals surface area contributed by atoms with Crippen molar-refractivity contribution in [1.82, 2.24) is 0 Å². The first-order valence-corrected chi connectivity index (χ1v) is 6.44. The highest BCUT2D eigenvalue weighted by molar-refractivity contribution is 6.11. The summed E-state index contributed by atoms with van der Waals surface area (Å²) in [5.74, 6) is -0.556. The lowest BCUT2D eigenvalue weighted by atomic mass is 9.87. The Morgan fingerprint density at radius 3 is 2.80 bits per heavy atom. The van der Waals surface area contributed by atoms with E-state index in [2.05, 4.69) is 0 Å². The molecule has 0 aliphatic carbocycles. The standard InChI is InChI=1S/C16H14O4/c1-16(9-14(18)19)8-12(17)15-11-5-3-2-4-10(11)6-7-13(15)20-16/h2-7H,8-9H2,1H3,(H,18,19). The number of ketones is 1. The fourth-order valence-corrected chi connectivity index (χ4v) is 2.77. The normalized spacial score (nSPS) is 21.4. The van der Waals surface area contributed by atoms with E-state index in [4.69, 9.17) is 9.84 Å². The average Bonchev–Trinajstić information content (AvgIpc) is 2.36. The van der Waals surface area contributed by atoms with Crippen LogP contribution in [0.1, 0.15) is 30.1 Å². The first-order chi connectivity index (χ1) is 9.48. The van der Waals surface area contributed by atoms with E-state index in [0.717, 1.165) is 10.8 Å². The Morgan fingerprint density at radius 1 is 1.30 bits per heavy atom. The maximum atomic E-state index is 12.4. The Bertz CT molecular complexity index is 719. The summed E-state index contributed by atoms with van der Waals surface area (Å²) in [6.45, 7) is 1.66. The second kappa shape index (κ2) is 4.34. The number of Topliss-reactive ketones (excluding diaryl/α,β-unsaturated/α-hetero) is 1. The number of aliphatic carboxylic acids is 1. The summed E-state index contributed by atoms with van der Waals surface area (Å²) in [5, 5.41) is 10.8. The zero-order valence-corrected chi connectivity index (χ0v) is 11.1. The van der Waals surface area contributed by atoms with E-state index in [-0.39, 0.29) is 18.6 Å². The number of ether oxygens (including phenoxy) is 1. The molecule has 0 bridgehead atoms. The third-order valence-corrected chi connectivity index (χ3v) is 3.59. The quantitative estimate of drug-likeness (QED) is 0.911. The van der Waals surface area contributed by atoms with Gasteiger partial charge >= 0.3 is 5.97 Å². The molecule has 0 saturated heterocycles. The number of hydrogen-bond donors (Lipinski definition) is 1. The zero-order chi connectivity index (χ0) is 14.3. The maximum absolute atomic E-state index is 12.4. The minimum Gasteiger partial charge on any atom is -0.486 e. The van der Waals surface area contributed by atoms with Gasteiger partial charge in [0.25, 0.3) is 0 Å². The van der Waals surface area contributed by atoms with Crippen LogP contribution >= 0.6 is 0 Å². The number of benzene rings is 2. The summed E-state index contributed by atoms with van der Waals surface area (Å²) >= 11 is 0. The van der Waals surface area contributed by atoms with Gasteiger partial charge < -0.3 is 9.84 Å². The Morgan fingerprint density at radius 2 is 2.05 bits per heavy atom. The predicted octanol–water partition coefficient (Wildman–Crippen LogP) is 3.04. The van der Waals surface area contributed by atoms with Gasteiger partial charge in [0.15, 0.2) is 5.78 Å². The van der Waals surface area contributed by atoms with Gasteiger partial charge in [-0.2, -0.15) is 0 Å². The van der Waals surface area contributed by atoms with Crippen LogP contribution < -0.4 is 4.74 Å². The lowest BCUT2D eigenvalue weighted by molar-refractivity contribution is -0.141. The molecular weight excluding hydrogens is 256 g/mol. The summed E-state index contributed by atoms with van der Waals surface area (Å²) in [6.07, 6.45) is -0.106. The van der Waals surface area contributed by atoms with E-state index in [9.17, 15) is 9.59 Å². The molecule has 4 heteroatoms. The third-order valence-electron chi connectivity index (χ3n) is 3.59. The molecule has 3 rings (SSSR count). The van der Waals surface area contributed by atoms with E-state index >= 15 is 0 Å². The fourth-order valence-electron chi connectivity index (χ4n) is 2.77. The second-order valence-corrected chi connectivity index (χ2v) is 5.38. The van der Waals surface area contributed by atoms with Crippen molar-refractivity contribution in [3.05, 3.63) is 42.0 Å². The maximum Gasteiger partial charge on any atom is 0.307 e. The third kappa shape index (κ3) is 2.03. The molecule has 1 aliphatic heterocycles. The molecule has 0 saturated carbocycles. The first kappa shape index (κ1) is 12.7. The van der Waals surface area contributed by atoms with E-state index in [1.165, 1.54) is 0 Å². The van der Waals surface area contributed by atoms with Crippen LogP contribution in [-0.4, -0.2) is 22.5 Å². The summed E-state index contributed by atoms with van der Waals surface area (Å²) < 4.78 is 5.81. The minimum atomic E-state index is -0.974. The molecule has 1 N–H and O–H groups in total. The Labute approximate surface area is 116 Å². The van der Waals surface area contributed by atoms with Gasteiger partial charge in [-0.1, -0.05) is 30.3 Å². The van der Waals surface area contributed by atoms with Gasteiger partial charge in [0.05, 0.1) is 18.4 Å². The van der Waals surface area contributed by atoms with Gasteiger partial charge in [-0.25, -0.2) is 0 Å². The smallest absolute Gasteiger partial charge is 0.307 e. The highest BCUT2D eigenvalue weighted by Crippen LogP contribution is 2.38. The molecule has 0 fully saturated rings. The van der Waals surface area contributed by atoms with Crippen molar-refractivity contribution in [3.63, 3.8) is 0 Å². The highest BCUT2D eigenvalue weighted by atomic mass is 16.5. The predicted molar refractivity (Wildman–Crippen MR) is 74.2 cm³/mol. The van der Waals surface area contributed by atoms with Gasteiger partial charge in [0, 0.05) is 0 Å². The van der Waals surface area contributed by atoms with E-state index in [0.29, 0.717) is 11.3 Å². The van der Waals surface area contributed by atoms with Crippen LogP contribution in [0.5, 0.6) is 5.75 Å². The van der Waals surface area contributed by atoms with Crippen LogP contribution in [0.4, 0.5) is 0 Å². The van der Waals surface area contributed by atoms with Gasteiger partial charge in [0.2, 0.25) is 0 Å². The topological polar surface area (TPSA) is 63.6 Å². The molecule has 1 atom stereocenters. The van der Waals surface area contributed by atoms with Gasteiger partial charge in [-0.05, 0) is 23.8 Å². The van der Waals surface area contributed by atoms with Crippen molar-refractivity contribution < 1.29 is 19.4 Å². The van der Waals surface area contributed by atoms with Crippen LogP contribution in [0, 0.1) is 0 Å². The van der Waals surface area contributed by atoms with Crippen LogP contribution in [0.3, 0.4) is 0 Å². The molecule has 1 heterocycles. The number of rotatable bonds is 2. The molecule has 0 aromatic heterocycles. The van der Waals surface area contributed by atoms with Gasteiger partial charge in [-0.15, -0.1) is 0 Å². The molecule has 0 radical (unpaired) electrons. The van der Waals surface area contributed by atoms with Crippen LogP contribution in [-0.2, 0) is 4.79 Å². The minimum absolute atomic E-state index is 0.0631. The molecule has 2 aromatic rings. The molecule has 2 aromatic carbocycles. The Balaban J connectivity index is 2.12. The summed E-state index contributed by atoms with van der Waals surface area (Å²) in [4.78, 5) is 23.3. The van der Waals surface area contributed by atoms with Crippen molar-refractivity contribution in [2.24, 2.45) is 0 Å². The van der Waals surface area contributed by atoms with Crippen LogP contribution in [0.15, 0.2) is 36.4 Å². The fraction of sp³-hybridized carbons (Fsp3) is 0.250. The monoisotopic (exact) mass is 270 g/mol. The summed E-state index contributed by atoms with van der Waals surface area (Å²) in [6, 6.07) is 11.2. The van der Waals surface area contributed by atoms with Gasteiger partial charge in [-0.3, -0.25) is 9.59 Å². The van der Waals surface area contributed by atoms with Crippen LogP contribution in [0.25, 0.3) is 10.8 Å². The molecular formula is C16H14O4. The van der Waals surface area contributed by atoms with E-state index in [1.54, 1.807) is 13.0 Å². The molecule has 1 aliphatic rings. The molecule has 4 nitrogen and oxygen atoms in total. The Hall–Kier alpha value is -2.36. The van der Waals surface area contributed by atoms with Crippen LogP contribution in [0.2, 0.25) is 0 Å². The lowest BCUT2D eigenvalue weighted by Crippen LogP contribution is -2.41. The molecule has 0 amide bonds. The van der Waals surface area contributed by atoms with Gasteiger partial charge in [0.1, 0.15) is 11.4 Å². The number of carboxylic acids is 1. The number of carbonyl (C=O) groups is 2. The highest BCUT2D eigenvalue weighted by Gasteiger charge is 2.39. The van der Waals surface area contributed by atoms with E-state index < -0.39 is 11.6 Å². The first-order valence-electron chi connectivity index (χ1n) is 6.44.